The lowest BCUT2D eigenvalue weighted by Gasteiger charge is -2.11. The molecule has 0 spiro atoms. The van der Waals surface area contributed by atoms with Crippen LogP contribution in [-0.2, 0) is 31.2 Å². The number of rotatable bonds is 7. The molecule has 0 saturated heterocycles. The Morgan fingerprint density at radius 3 is 2.66 bits per heavy atom. The summed E-state index contributed by atoms with van der Waals surface area (Å²) in [5.41, 5.74) is 0.753. The van der Waals surface area contributed by atoms with Crippen LogP contribution in [0.5, 0.6) is 0 Å². The summed E-state index contributed by atoms with van der Waals surface area (Å²) in [6, 6.07) is 15.4. The van der Waals surface area contributed by atoms with Gasteiger partial charge in [0.2, 0.25) is 0 Å². The number of benzene rings is 1. The van der Waals surface area contributed by atoms with E-state index in [2.05, 4.69) is 26.0 Å². The predicted molar refractivity (Wildman–Crippen MR) is 111 cm³/mol. The van der Waals surface area contributed by atoms with Crippen LogP contribution >= 0.6 is 15.9 Å². The quantitative estimate of drug-likeness (QED) is 0.427. The number of hydrogen-bond donors (Lipinski definition) is 0. The lowest BCUT2D eigenvalue weighted by atomic mass is 10.2. The van der Waals surface area contributed by atoms with Crippen molar-refractivity contribution in [2.75, 3.05) is 0 Å². The second-order valence-corrected chi connectivity index (χ2v) is 7.17. The lowest BCUT2D eigenvalue weighted by Crippen LogP contribution is -2.42. The third-order valence-corrected chi connectivity index (χ3v) is 4.99. The van der Waals surface area contributed by atoms with Crippen molar-refractivity contribution in [1.29, 1.82) is 0 Å². The van der Waals surface area contributed by atoms with Gasteiger partial charge in [-0.1, -0.05) is 30.3 Å². The minimum absolute atomic E-state index is 0.0656. The van der Waals surface area contributed by atoms with Crippen molar-refractivity contribution in [2.45, 2.75) is 26.4 Å². The monoisotopic (exact) mass is 455 g/mol. The number of ether oxygens (including phenoxy) is 1. The van der Waals surface area contributed by atoms with Gasteiger partial charge >= 0.3 is 5.69 Å². The highest BCUT2D eigenvalue weighted by atomic mass is 79.9. The summed E-state index contributed by atoms with van der Waals surface area (Å²) in [6.07, 6.45) is 3.64. The zero-order valence-corrected chi connectivity index (χ0v) is 17.0. The second kappa shape index (κ2) is 8.54. The first-order valence-corrected chi connectivity index (χ1v) is 9.82. The molecule has 0 saturated carbocycles. The van der Waals surface area contributed by atoms with E-state index in [0.717, 1.165) is 21.2 Å². The standard InChI is InChI=1S/C20H18BrN5O3/c21-17-19(27)25(14-29-13-15-5-2-1-3-6-15)20(28)26(23-17)12-11-24-10-8-16-7-4-9-22-18(16)24/h1-10H,11-14H2. The Morgan fingerprint density at radius 1 is 1.00 bits per heavy atom. The molecule has 0 aliphatic rings. The molecule has 8 nitrogen and oxygen atoms in total. The molecule has 0 amide bonds. The minimum Gasteiger partial charge on any atom is -0.356 e. The highest BCUT2D eigenvalue weighted by Crippen LogP contribution is 2.12. The van der Waals surface area contributed by atoms with Crippen LogP contribution < -0.4 is 11.2 Å². The van der Waals surface area contributed by atoms with Gasteiger partial charge in [-0.2, -0.15) is 5.10 Å². The van der Waals surface area contributed by atoms with Crippen LogP contribution in [0.25, 0.3) is 11.0 Å². The molecule has 9 heteroatoms. The molecule has 0 atom stereocenters. The van der Waals surface area contributed by atoms with E-state index in [-0.39, 0.29) is 17.9 Å². The molecule has 3 aromatic heterocycles. The Bertz CT molecular complexity index is 1250. The van der Waals surface area contributed by atoms with Crippen molar-refractivity contribution in [3.05, 3.63) is 91.9 Å². The summed E-state index contributed by atoms with van der Waals surface area (Å²) in [5, 5.41) is 5.10. The molecule has 0 aliphatic heterocycles. The first-order chi connectivity index (χ1) is 14.1. The van der Waals surface area contributed by atoms with Crippen LogP contribution in [0.3, 0.4) is 0 Å². The Balaban J connectivity index is 1.51. The minimum atomic E-state index is -0.521. The number of hydrogen-bond acceptors (Lipinski definition) is 5. The van der Waals surface area contributed by atoms with E-state index < -0.39 is 11.2 Å². The first-order valence-electron chi connectivity index (χ1n) is 9.02. The van der Waals surface area contributed by atoms with Gasteiger partial charge in [0.25, 0.3) is 5.56 Å². The number of pyridine rings is 1. The van der Waals surface area contributed by atoms with Crippen molar-refractivity contribution >= 4 is 27.0 Å². The normalized spacial score (nSPS) is 11.2. The fraction of sp³-hybridized carbons (Fsp3) is 0.200. The number of aromatic nitrogens is 5. The van der Waals surface area contributed by atoms with Gasteiger partial charge in [-0.15, -0.1) is 0 Å². The third kappa shape index (κ3) is 4.20. The van der Waals surface area contributed by atoms with E-state index in [0.29, 0.717) is 13.2 Å². The molecule has 4 aromatic rings. The maximum atomic E-state index is 12.7. The Morgan fingerprint density at radius 2 is 1.83 bits per heavy atom. The Hall–Kier alpha value is -3.04. The number of fused-ring (bicyclic) bond motifs is 1. The van der Waals surface area contributed by atoms with Crippen LogP contribution in [0.15, 0.2) is 75.1 Å². The maximum Gasteiger partial charge on any atom is 0.349 e. The summed E-state index contributed by atoms with van der Waals surface area (Å²) in [4.78, 5) is 29.4. The molecule has 0 fully saturated rings. The number of aryl methyl sites for hydroxylation is 2. The van der Waals surface area contributed by atoms with E-state index in [1.54, 1.807) is 6.20 Å². The van der Waals surface area contributed by atoms with Gasteiger partial charge in [-0.25, -0.2) is 19.0 Å². The van der Waals surface area contributed by atoms with E-state index in [1.807, 2.05) is 59.3 Å². The van der Waals surface area contributed by atoms with Gasteiger partial charge in [-0.3, -0.25) is 4.79 Å². The van der Waals surface area contributed by atoms with Gasteiger partial charge < -0.3 is 9.30 Å². The molecular formula is C20H18BrN5O3. The van der Waals surface area contributed by atoms with Crippen LogP contribution in [0.1, 0.15) is 5.56 Å². The van der Waals surface area contributed by atoms with Crippen LogP contribution in [0.4, 0.5) is 0 Å². The highest BCUT2D eigenvalue weighted by molar-refractivity contribution is 9.10. The predicted octanol–water partition coefficient (Wildman–Crippen LogP) is 2.39. The summed E-state index contributed by atoms with van der Waals surface area (Å²) in [5.74, 6) is 0. The summed E-state index contributed by atoms with van der Waals surface area (Å²) in [7, 11) is 0. The zero-order chi connectivity index (χ0) is 20.2. The molecule has 0 unspecified atom stereocenters. The fourth-order valence-electron chi connectivity index (χ4n) is 3.02. The van der Waals surface area contributed by atoms with Crippen molar-refractivity contribution in [1.82, 2.24) is 23.9 Å². The smallest absolute Gasteiger partial charge is 0.349 e. The molecule has 0 bridgehead atoms. The molecular weight excluding hydrogens is 438 g/mol. The van der Waals surface area contributed by atoms with Crippen LogP contribution in [0, 0.1) is 0 Å². The average Bonchev–Trinajstić information content (AvgIpc) is 3.16. The molecule has 3 heterocycles. The third-order valence-electron chi connectivity index (χ3n) is 4.49. The topological polar surface area (TPSA) is 83.9 Å². The summed E-state index contributed by atoms with van der Waals surface area (Å²) < 4.78 is 9.87. The molecule has 1 aromatic carbocycles. The van der Waals surface area contributed by atoms with Crippen LogP contribution in [0.2, 0.25) is 0 Å². The van der Waals surface area contributed by atoms with Crippen molar-refractivity contribution < 1.29 is 4.74 Å². The SMILES string of the molecule is O=c1c(Br)nn(CCn2ccc3cccnc32)c(=O)n1COCc1ccccc1. The van der Waals surface area contributed by atoms with Crippen molar-refractivity contribution in [3.63, 3.8) is 0 Å². The fourth-order valence-corrected chi connectivity index (χ4v) is 3.43. The number of nitrogens with zero attached hydrogens (tertiary/aromatic N) is 5. The van der Waals surface area contributed by atoms with Crippen molar-refractivity contribution in [3.8, 4) is 0 Å². The van der Waals surface area contributed by atoms with E-state index in [9.17, 15) is 9.59 Å². The van der Waals surface area contributed by atoms with Crippen LogP contribution in [-0.4, -0.2) is 23.9 Å². The van der Waals surface area contributed by atoms with Gasteiger partial charge in [0, 0.05) is 24.3 Å². The molecule has 148 valence electrons. The molecule has 0 aliphatic carbocycles. The average molecular weight is 456 g/mol. The lowest BCUT2D eigenvalue weighted by molar-refractivity contribution is 0.0567. The van der Waals surface area contributed by atoms with Crippen molar-refractivity contribution in [2.24, 2.45) is 0 Å². The summed E-state index contributed by atoms with van der Waals surface area (Å²) in [6.45, 7) is 0.926. The Labute approximate surface area is 174 Å². The van der Waals surface area contributed by atoms with E-state index >= 15 is 0 Å². The van der Waals surface area contributed by atoms with Gasteiger partial charge in [0.15, 0.2) is 4.60 Å². The zero-order valence-electron chi connectivity index (χ0n) is 15.4. The second-order valence-electron chi connectivity index (χ2n) is 6.42. The van der Waals surface area contributed by atoms with Gasteiger partial charge in [-0.05, 0) is 39.7 Å². The summed E-state index contributed by atoms with van der Waals surface area (Å²) >= 11 is 3.15. The largest absolute Gasteiger partial charge is 0.356 e. The van der Waals surface area contributed by atoms with E-state index in [1.165, 1.54) is 4.68 Å². The maximum absolute atomic E-state index is 12.7. The number of halogens is 1. The van der Waals surface area contributed by atoms with Gasteiger partial charge in [0.1, 0.15) is 12.4 Å². The Kier molecular flexibility index (Phi) is 5.68. The molecule has 0 radical (unpaired) electrons. The van der Waals surface area contributed by atoms with E-state index in [4.69, 9.17) is 4.74 Å². The molecule has 0 N–H and O–H groups in total. The first kappa shape index (κ1) is 19.3. The highest BCUT2D eigenvalue weighted by Gasteiger charge is 2.12. The molecule has 29 heavy (non-hydrogen) atoms. The molecule has 4 rings (SSSR count). The van der Waals surface area contributed by atoms with Gasteiger partial charge in [0.05, 0.1) is 13.2 Å².